The first-order chi connectivity index (χ1) is 9.81. The third-order valence-electron chi connectivity index (χ3n) is 3.33. The number of rotatable bonds is 3. The molecule has 1 saturated heterocycles. The highest BCUT2D eigenvalue weighted by molar-refractivity contribution is 7.87. The Morgan fingerprint density at radius 1 is 1.27 bits per heavy atom. The lowest BCUT2D eigenvalue weighted by atomic mass is 9.86. The van der Waals surface area contributed by atoms with E-state index in [0.717, 1.165) is 6.42 Å². The Kier molecular flexibility index (Phi) is 5.86. The second kappa shape index (κ2) is 6.72. The maximum atomic E-state index is 12.0. The van der Waals surface area contributed by atoms with E-state index in [0.29, 0.717) is 13.1 Å². The Bertz CT molecular complexity index is 491. The maximum Gasteiger partial charge on any atom is 0.407 e. The zero-order valence-corrected chi connectivity index (χ0v) is 15.2. The van der Waals surface area contributed by atoms with Gasteiger partial charge in [0.15, 0.2) is 0 Å². The summed E-state index contributed by atoms with van der Waals surface area (Å²) in [5, 5.41) is 2.80. The van der Waals surface area contributed by atoms with Crippen LogP contribution in [0.5, 0.6) is 0 Å². The molecule has 7 nitrogen and oxygen atoms in total. The predicted molar refractivity (Wildman–Crippen MR) is 85.7 cm³/mol. The molecule has 2 N–H and O–H groups in total. The summed E-state index contributed by atoms with van der Waals surface area (Å²) in [6.07, 6.45) is 0.220. The van der Waals surface area contributed by atoms with Gasteiger partial charge >= 0.3 is 6.09 Å². The smallest absolute Gasteiger partial charge is 0.407 e. The molecule has 0 aromatic carbocycles. The summed E-state index contributed by atoms with van der Waals surface area (Å²) in [7, 11) is -3.46. The van der Waals surface area contributed by atoms with Gasteiger partial charge < -0.3 is 10.1 Å². The van der Waals surface area contributed by atoms with Gasteiger partial charge in [0, 0.05) is 19.6 Å². The van der Waals surface area contributed by atoms with Gasteiger partial charge in [0.2, 0.25) is 0 Å². The number of carbonyl (C=O) groups is 1. The van der Waals surface area contributed by atoms with Gasteiger partial charge in [0.05, 0.1) is 6.04 Å². The van der Waals surface area contributed by atoms with Crippen LogP contribution in [0.3, 0.4) is 0 Å². The lowest BCUT2D eigenvalue weighted by molar-refractivity contribution is 0.0451. The molecule has 1 atom stereocenters. The molecule has 130 valence electrons. The number of nitrogens with zero attached hydrogens (tertiary/aromatic N) is 1. The van der Waals surface area contributed by atoms with Crippen LogP contribution in [0.2, 0.25) is 0 Å². The van der Waals surface area contributed by atoms with Crippen molar-refractivity contribution in [3.05, 3.63) is 0 Å². The van der Waals surface area contributed by atoms with Crippen LogP contribution in [-0.2, 0) is 14.9 Å². The number of amides is 1. The molecule has 22 heavy (non-hydrogen) atoms. The molecule has 0 aliphatic carbocycles. The van der Waals surface area contributed by atoms with Gasteiger partial charge in [-0.25, -0.2) is 9.52 Å². The Labute approximate surface area is 134 Å². The zero-order chi connectivity index (χ0) is 17.2. The van der Waals surface area contributed by atoms with Crippen LogP contribution in [0.4, 0.5) is 4.79 Å². The van der Waals surface area contributed by atoms with Gasteiger partial charge in [-0.1, -0.05) is 20.8 Å². The summed E-state index contributed by atoms with van der Waals surface area (Å²) in [6.45, 7) is 12.4. The van der Waals surface area contributed by atoms with Crippen molar-refractivity contribution in [3.63, 3.8) is 0 Å². The SMILES string of the molecule is CC(C)(C)OC(=O)N[C@@H](CN1CCCNS1(=O)=O)C(C)(C)C. The molecule has 1 aliphatic heterocycles. The second-order valence-electron chi connectivity index (χ2n) is 7.68. The van der Waals surface area contributed by atoms with E-state index < -0.39 is 21.9 Å². The summed E-state index contributed by atoms with van der Waals surface area (Å²) >= 11 is 0. The number of ether oxygens (including phenoxy) is 1. The van der Waals surface area contributed by atoms with E-state index in [1.54, 1.807) is 20.8 Å². The largest absolute Gasteiger partial charge is 0.444 e. The van der Waals surface area contributed by atoms with Gasteiger partial charge in [-0.2, -0.15) is 12.7 Å². The third kappa shape index (κ3) is 6.10. The monoisotopic (exact) mass is 335 g/mol. The topological polar surface area (TPSA) is 87.7 Å². The second-order valence-corrected chi connectivity index (χ2v) is 9.43. The predicted octanol–water partition coefficient (Wildman–Crippen LogP) is 1.47. The van der Waals surface area contributed by atoms with Gasteiger partial charge in [0.1, 0.15) is 5.60 Å². The fourth-order valence-corrected chi connectivity index (χ4v) is 3.35. The molecule has 1 heterocycles. The zero-order valence-electron chi connectivity index (χ0n) is 14.4. The molecule has 1 aliphatic rings. The van der Waals surface area contributed by atoms with Crippen LogP contribution >= 0.6 is 0 Å². The molecule has 0 aromatic rings. The molecule has 1 amide bonds. The van der Waals surface area contributed by atoms with E-state index in [-0.39, 0.29) is 18.0 Å². The highest BCUT2D eigenvalue weighted by atomic mass is 32.2. The molecule has 0 unspecified atom stereocenters. The van der Waals surface area contributed by atoms with E-state index in [4.69, 9.17) is 4.74 Å². The van der Waals surface area contributed by atoms with Gasteiger partial charge in [-0.05, 0) is 32.6 Å². The van der Waals surface area contributed by atoms with E-state index in [9.17, 15) is 13.2 Å². The van der Waals surface area contributed by atoms with Crippen molar-refractivity contribution >= 4 is 16.3 Å². The molecule has 0 aromatic heterocycles. The highest BCUT2D eigenvalue weighted by Gasteiger charge is 2.34. The maximum absolute atomic E-state index is 12.0. The highest BCUT2D eigenvalue weighted by Crippen LogP contribution is 2.22. The standard InChI is InChI=1S/C14H29N3O4S/c1-13(2,3)11(16-12(18)21-14(4,5)6)10-17-9-7-8-15-22(17,19)20/h11,15H,7-10H2,1-6H3,(H,16,18)/t11-/m0/s1. The number of hydrogen-bond acceptors (Lipinski definition) is 4. The number of hydrogen-bond donors (Lipinski definition) is 2. The summed E-state index contributed by atoms with van der Waals surface area (Å²) in [5.74, 6) is 0. The van der Waals surface area contributed by atoms with Crippen LogP contribution < -0.4 is 10.0 Å². The minimum absolute atomic E-state index is 0.220. The summed E-state index contributed by atoms with van der Waals surface area (Å²) in [5.41, 5.74) is -0.894. The first-order valence-corrected chi connectivity index (χ1v) is 8.99. The van der Waals surface area contributed by atoms with Crippen molar-refractivity contribution in [1.82, 2.24) is 14.3 Å². The van der Waals surface area contributed by atoms with E-state index in [1.807, 2.05) is 20.8 Å². The van der Waals surface area contributed by atoms with Gasteiger partial charge in [-0.3, -0.25) is 0 Å². The fourth-order valence-electron chi connectivity index (χ4n) is 2.05. The van der Waals surface area contributed by atoms with E-state index in [2.05, 4.69) is 10.0 Å². The Morgan fingerprint density at radius 2 is 1.86 bits per heavy atom. The number of nitrogens with one attached hydrogen (secondary N) is 2. The molecule has 8 heteroatoms. The molecular formula is C14H29N3O4S. The minimum atomic E-state index is -3.46. The summed E-state index contributed by atoms with van der Waals surface area (Å²) in [6, 6.07) is -0.350. The van der Waals surface area contributed by atoms with Crippen molar-refractivity contribution in [1.29, 1.82) is 0 Å². The number of alkyl carbamates (subject to hydrolysis) is 1. The quantitative estimate of drug-likeness (QED) is 0.817. The molecule has 1 fully saturated rings. The first kappa shape index (κ1) is 19.2. The van der Waals surface area contributed by atoms with Crippen molar-refractivity contribution in [3.8, 4) is 0 Å². The Morgan fingerprint density at radius 3 is 2.32 bits per heavy atom. The number of carbonyl (C=O) groups excluding carboxylic acids is 1. The average molecular weight is 335 g/mol. The van der Waals surface area contributed by atoms with Crippen LogP contribution in [0.1, 0.15) is 48.0 Å². The van der Waals surface area contributed by atoms with Crippen LogP contribution in [0, 0.1) is 5.41 Å². The minimum Gasteiger partial charge on any atom is -0.444 e. The van der Waals surface area contributed by atoms with E-state index in [1.165, 1.54) is 4.31 Å². The average Bonchev–Trinajstić information content (AvgIpc) is 2.26. The van der Waals surface area contributed by atoms with Crippen molar-refractivity contribution in [2.24, 2.45) is 5.41 Å². The van der Waals surface area contributed by atoms with E-state index >= 15 is 0 Å². The Balaban J connectivity index is 2.80. The van der Waals surface area contributed by atoms with Crippen molar-refractivity contribution in [2.75, 3.05) is 19.6 Å². The fraction of sp³-hybridized carbons (Fsp3) is 0.929. The van der Waals surface area contributed by atoms with Crippen molar-refractivity contribution in [2.45, 2.75) is 59.6 Å². The summed E-state index contributed by atoms with van der Waals surface area (Å²) < 4.78 is 33.2. The van der Waals surface area contributed by atoms with Crippen LogP contribution in [-0.4, -0.2) is 50.1 Å². The van der Waals surface area contributed by atoms with Crippen molar-refractivity contribution < 1.29 is 17.9 Å². The molecule has 1 rings (SSSR count). The van der Waals surface area contributed by atoms with Gasteiger partial charge in [-0.15, -0.1) is 0 Å². The lowest BCUT2D eigenvalue weighted by Gasteiger charge is -2.37. The van der Waals surface area contributed by atoms with Gasteiger partial charge in [0.25, 0.3) is 10.2 Å². The molecule has 0 spiro atoms. The third-order valence-corrected chi connectivity index (χ3v) is 4.91. The molecule has 0 saturated carbocycles. The Hall–Kier alpha value is -0.860. The normalized spacial score (nSPS) is 21.2. The lowest BCUT2D eigenvalue weighted by Crippen LogP contribution is -2.56. The molecular weight excluding hydrogens is 306 g/mol. The molecule has 0 bridgehead atoms. The first-order valence-electron chi connectivity index (χ1n) is 7.55. The van der Waals surface area contributed by atoms with Crippen LogP contribution in [0.25, 0.3) is 0 Å². The summed E-state index contributed by atoms with van der Waals surface area (Å²) in [4.78, 5) is 12.0. The molecule has 0 radical (unpaired) electrons. The van der Waals surface area contributed by atoms with Crippen LogP contribution in [0.15, 0.2) is 0 Å².